The molecule has 1 aliphatic rings. The van der Waals surface area contributed by atoms with Gasteiger partial charge in [0.15, 0.2) is 0 Å². The lowest BCUT2D eigenvalue weighted by atomic mass is 10.1. The van der Waals surface area contributed by atoms with Gasteiger partial charge < -0.3 is 16.0 Å². The molecule has 1 unspecified atom stereocenters. The molecule has 0 aromatic heterocycles. The van der Waals surface area contributed by atoms with Gasteiger partial charge in [0.05, 0.1) is 17.3 Å². The zero-order valence-electron chi connectivity index (χ0n) is 10.6. The lowest BCUT2D eigenvalue weighted by molar-refractivity contribution is -0.119. The largest absolute Gasteiger partial charge is 0.325 e. The average Bonchev–Trinajstić information content (AvgIpc) is 2.86. The second-order valence-corrected chi connectivity index (χ2v) is 4.99. The van der Waals surface area contributed by atoms with Gasteiger partial charge in [-0.25, -0.2) is 0 Å². The van der Waals surface area contributed by atoms with E-state index < -0.39 is 0 Å². The molecular weight excluding hydrogens is 266 g/mol. The Morgan fingerprint density at radius 1 is 1.32 bits per heavy atom. The van der Waals surface area contributed by atoms with Crippen LogP contribution < -0.4 is 16.0 Å². The third kappa shape index (κ3) is 3.68. The van der Waals surface area contributed by atoms with Crippen LogP contribution in [0, 0.1) is 5.92 Å². The Kier molecular flexibility index (Phi) is 4.39. The molecule has 1 fully saturated rings. The highest BCUT2D eigenvalue weighted by Crippen LogP contribution is 2.26. The zero-order chi connectivity index (χ0) is 13.8. The highest BCUT2D eigenvalue weighted by molar-refractivity contribution is 6.31. The molecule has 0 radical (unpaired) electrons. The number of amides is 2. The Morgan fingerprint density at radius 2 is 2.11 bits per heavy atom. The number of anilines is 2. The summed E-state index contributed by atoms with van der Waals surface area (Å²) in [6, 6.07) is 4.97. The molecule has 5 nitrogen and oxygen atoms in total. The Labute approximate surface area is 116 Å². The predicted octanol–water partition coefficient (Wildman–Crippen LogP) is 1.85. The lowest BCUT2D eigenvalue weighted by Gasteiger charge is -2.14. The van der Waals surface area contributed by atoms with Gasteiger partial charge in [-0.2, -0.15) is 0 Å². The number of carbonyl (C=O) groups excluding carboxylic acids is 2. The van der Waals surface area contributed by atoms with Crippen LogP contribution in [-0.2, 0) is 9.59 Å². The Bertz CT molecular complexity index is 499. The Balaban J connectivity index is 2.15. The average molecular weight is 282 g/mol. The third-order valence-electron chi connectivity index (χ3n) is 2.98. The van der Waals surface area contributed by atoms with Gasteiger partial charge in [0, 0.05) is 18.5 Å². The maximum absolute atomic E-state index is 12.1. The van der Waals surface area contributed by atoms with E-state index in [9.17, 15) is 9.59 Å². The molecule has 0 spiro atoms. The SMILES string of the molecule is CC(=O)Nc1ccc(Cl)cc1NC(=O)C1CCNC1. The van der Waals surface area contributed by atoms with Crippen LogP contribution in [0.4, 0.5) is 11.4 Å². The van der Waals surface area contributed by atoms with Crippen LogP contribution in [0.15, 0.2) is 18.2 Å². The van der Waals surface area contributed by atoms with Crippen LogP contribution in [0.1, 0.15) is 13.3 Å². The number of hydrogen-bond donors (Lipinski definition) is 3. The monoisotopic (exact) mass is 281 g/mol. The van der Waals surface area contributed by atoms with Crippen molar-refractivity contribution in [3.63, 3.8) is 0 Å². The van der Waals surface area contributed by atoms with Crippen molar-refractivity contribution in [1.82, 2.24) is 5.32 Å². The molecule has 102 valence electrons. The van der Waals surface area contributed by atoms with Gasteiger partial charge >= 0.3 is 0 Å². The molecule has 2 amide bonds. The van der Waals surface area contributed by atoms with E-state index in [0.29, 0.717) is 22.9 Å². The van der Waals surface area contributed by atoms with Crippen molar-refractivity contribution in [3.05, 3.63) is 23.2 Å². The van der Waals surface area contributed by atoms with Crippen molar-refractivity contribution in [2.45, 2.75) is 13.3 Å². The minimum absolute atomic E-state index is 0.0378. The first kappa shape index (κ1) is 13.8. The fraction of sp³-hybridized carbons (Fsp3) is 0.385. The number of halogens is 1. The van der Waals surface area contributed by atoms with Gasteiger partial charge in [0.25, 0.3) is 0 Å². The molecule has 0 saturated carbocycles. The van der Waals surface area contributed by atoms with Crippen LogP contribution in [-0.4, -0.2) is 24.9 Å². The van der Waals surface area contributed by atoms with Crippen molar-refractivity contribution in [1.29, 1.82) is 0 Å². The van der Waals surface area contributed by atoms with Crippen molar-refractivity contribution < 1.29 is 9.59 Å². The van der Waals surface area contributed by atoms with Gasteiger partial charge in [0.1, 0.15) is 0 Å². The van der Waals surface area contributed by atoms with Gasteiger partial charge in [-0.05, 0) is 31.2 Å². The first-order valence-corrected chi connectivity index (χ1v) is 6.53. The van der Waals surface area contributed by atoms with Crippen LogP contribution in [0.5, 0.6) is 0 Å². The number of rotatable bonds is 3. The third-order valence-corrected chi connectivity index (χ3v) is 3.22. The summed E-state index contributed by atoms with van der Waals surface area (Å²) in [7, 11) is 0. The van der Waals surface area contributed by atoms with E-state index >= 15 is 0 Å². The number of hydrogen-bond acceptors (Lipinski definition) is 3. The lowest BCUT2D eigenvalue weighted by Crippen LogP contribution is -2.25. The van der Waals surface area contributed by atoms with Crippen molar-refractivity contribution in [3.8, 4) is 0 Å². The maximum atomic E-state index is 12.1. The Morgan fingerprint density at radius 3 is 2.74 bits per heavy atom. The molecule has 0 bridgehead atoms. The van der Waals surface area contributed by atoms with Gasteiger partial charge in [-0.1, -0.05) is 11.6 Å². The molecule has 1 heterocycles. The van der Waals surface area contributed by atoms with Crippen molar-refractivity contribution >= 4 is 34.8 Å². The summed E-state index contributed by atoms with van der Waals surface area (Å²) in [5, 5.41) is 9.14. The summed E-state index contributed by atoms with van der Waals surface area (Å²) in [6.07, 6.45) is 0.821. The second kappa shape index (κ2) is 6.04. The van der Waals surface area contributed by atoms with Crippen LogP contribution in [0.3, 0.4) is 0 Å². The summed E-state index contributed by atoms with van der Waals surface area (Å²) in [5.74, 6) is -0.289. The fourth-order valence-electron chi connectivity index (χ4n) is 2.03. The van der Waals surface area contributed by atoms with Gasteiger partial charge in [-0.3, -0.25) is 9.59 Å². The molecule has 0 aliphatic carbocycles. The quantitative estimate of drug-likeness (QED) is 0.792. The summed E-state index contributed by atoms with van der Waals surface area (Å²) in [6.45, 7) is 2.95. The molecule has 1 aromatic carbocycles. The van der Waals surface area contributed by atoms with E-state index in [1.807, 2.05) is 0 Å². The molecule has 6 heteroatoms. The van der Waals surface area contributed by atoms with Crippen LogP contribution >= 0.6 is 11.6 Å². The predicted molar refractivity (Wildman–Crippen MR) is 75.4 cm³/mol. The summed E-state index contributed by atoms with van der Waals surface area (Å²) < 4.78 is 0. The standard InChI is InChI=1S/C13H16ClN3O2/c1-8(18)16-11-3-2-10(14)6-12(11)17-13(19)9-4-5-15-7-9/h2-3,6,9,15H,4-5,7H2,1H3,(H,16,18)(H,17,19). The normalized spacial score (nSPS) is 18.1. The molecule has 3 N–H and O–H groups in total. The first-order chi connectivity index (χ1) is 9.06. The maximum Gasteiger partial charge on any atom is 0.228 e. The number of benzene rings is 1. The molecule has 1 aliphatic heterocycles. The zero-order valence-corrected chi connectivity index (χ0v) is 11.4. The highest BCUT2D eigenvalue weighted by atomic mass is 35.5. The van der Waals surface area contributed by atoms with E-state index in [4.69, 9.17) is 11.6 Å². The van der Waals surface area contributed by atoms with E-state index in [-0.39, 0.29) is 17.7 Å². The number of nitrogens with one attached hydrogen (secondary N) is 3. The molecular formula is C13H16ClN3O2. The molecule has 19 heavy (non-hydrogen) atoms. The van der Waals surface area contributed by atoms with E-state index in [1.165, 1.54) is 6.92 Å². The van der Waals surface area contributed by atoms with Crippen LogP contribution in [0.2, 0.25) is 5.02 Å². The molecule has 2 rings (SSSR count). The van der Waals surface area contributed by atoms with Crippen LogP contribution in [0.25, 0.3) is 0 Å². The first-order valence-electron chi connectivity index (χ1n) is 6.15. The minimum Gasteiger partial charge on any atom is -0.325 e. The summed E-state index contributed by atoms with van der Waals surface area (Å²) in [5.41, 5.74) is 1.08. The van der Waals surface area contributed by atoms with E-state index in [2.05, 4.69) is 16.0 Å². The van der Waals surface area contributed by atoms with Gasteiger partial charge in [0.2, 0.25) is 11.8 Å². The highest BCUT2D eigenvalue weighted by Gasteiger charge is 2.23. The second-order valence-electron chi connectivity index (χ2n) is 4.55. The number of carbonyl (C=O) groups is 2. The van der Waals surface area contributed by atoms with E-state index in [1.54, 1.807) is 18.2 Å². The molecule has 1 atom stereocenters. The van der Waals surface area contributed by atoms with E-state index in [0.717, 1.165) is 13.0 Å². The van der Waals surface area contributed by atoms with Crippen molar-refractivity contribution in [2.24, 2.45) is 5.92 Å². The summed E-state index contributed by atoms with van der Waals surface area (Å²) >= 11 is 5.92. The topological polar surface area (TPSA) is 70.2 Å². The molecule has 1 aromatic rings. The minimum atomic E-state index is -0.194. The van der Waals surface area contributed by atoms with Crippen molar-refractivity contribution in [2.75, 3.05) is 23.7 Å². The van der Waals surface area contributed by atoms with Gasteiger partial charge in [-0.15, -0.1) is 0 Å². The molecule has 1 saturated heterocycles. The fourth-order valence-corrected chi connectivity index (χ4v) is 2.20. The Hall–Kier alpha value is -1.59. The smallest absolute Gasteiger partial charge is 0.228 e. The summed E-state index contributed by atoms with van der Waals surface area (Å²) in [4.78, 5) is 23.2.